The van der Waals surface area contributed by atoms with Gasteiger partial charge in [-0.3, -0.25) is 4.79 Å². The number of carbonyl (C=O) groups is 1. The minimum absolute atomic E-state index is 0.114. The first-order valence-electron chi connectivity index (χ1n) is 8.61. The third-order valence-electron chi connectivity index (χ3n) is 3.99. The topological polar surface area (TPSA) is 76.6 Å². The molecule has 0 aliphatic carbocycles. The van der Waals surface area contributed by atoms with Crippen molar-refractivity contribution in [3.05, 3.63) is 41.9 Å². The average molecular weight is 358 g/mol. The van der Waals surface area contributed by atoms with Crippen molar-refractivity contribution in [1.82, 2.24) is 14.9 Å². The van der Waals surface area contributed by atoms with Gasteiger partial charge in [-0.2, -0.15) is 0 Å². The van der Waals surface area contributed by atoms with E-state index in [0.29, 0.717) is 29.6 Å². The van der Waals surface area contributed by atoms with Crippen molar-refractivity contribution in [3.63, 3.8) is 0 Å². The van der Waals surface area contributed by atoms with Gasteiger partial charge in [0.2, 0.25) is 0 Å². The Kier molecular flexibility index (Phi) is 7.20. The molecule has 140 valence electrons. The number of anilines is 1. The van der Waals surface area contributed by atoms with E-state index in [1.807, 2.05) is 18.2 Å². The van der Waals surface area contributed by atoms with Crippen LogP contribution in [0.15, 0.2) is 30.6 Å². The first-order chi connectivity index (χ1) is 12.6. The molecule has 26 heavy (non-hydrogen) atoms. The van der Waals surface area contributed by atoms with Crippen LogP contribution in [0.5, 0.6) is 11.5 Å². The molecule has 0 saturated carbocycles. The number of amides is 1. The highest BCUT2D eigenvalue weighted by molar-refractivity contribution is 5.91. The van der Waals surface area contributed by atoms with Gasteiger partial charge < -0.3 is 19.7 Å². The number of carbonyl (C=O) groups excluding carboxylic acids is 1. The largest absolute Gasteiger partial charge is 0.493 e. The fraction of sp³-hybridized carbons (Fsp3) is 0.421. The summed E-state index contributed by atoms with van der Waals surface area (Å²) < 4.78 is 10.5. The molecule has 0 unspecified atom stereocenters. The van der Waals surface area contributed by atoms with Gasteiger partial charge >= 0.3 is 0 Å². The summed E-state index contributed by atoms with van der Waals surface area (Å²) in [4.78, 5) is 22.4. The van der Waals surface area contributed by atoms with Gasteiger partial charge in [0.05, 0.1) is 26.6 Å². The lowest BCUT2D eigenvalue weighted by Crippen LogP contribution is -2.28. The first kappa shape index (κ1) is 19.5. The Morgan fingerprint density at radius 1 is 1.15 bits per heavy atom. The van der Waals surface area contributed by atoms with Gasteiger partial charge in [0.25, 0.3) is 5.91 Å². The lowest BCUT2D eigenvalue weighted by atomic mass is 10.2. The quantitative estimate of drug-likeness (QED) is 0.743. The van der Waals surface area contributed by atoms with Gasteiger partial charge in [-0.1, -0.05) is 19.4 Å². The SMILES string of the molecule is CCCCN(C)C(=O)c1cnc(NCc2ccc(OC)c(OC)c2)cn1. The van der Waals surface area contributed by atoms with Crippen molar-refractivity contribution < 1.29 is 14.3 Å². The summed E-state index contributed by atoms with van der Waals surface area (Å²) in [6.45, 7) is 3.37. The zero-order valence-corrected chi connectivity index (χ0v) is 15.8. The Balaban J connectivity index is 1.96. The number of nitrogens with one attached hydrogen (secondary N) is 1. The molecule has 0 atom stereocenters. The van der Waals surface area contributed by atoms with Crippen molar-refractivity contribution in [2.75, 3.05) is 33.1 Å². The molecule has 0 bridgehead atoms. The van der Waals surface area contributed by atoms with Gasteiger partial charge in [-0.15, -0.1) is 0 Å². The standard InChI is InChI=1S/C19H26N4O3/c1-5-6-9-23(2)19(24)15-12-22-18(13-20-15)21-11-14-7-8-16(25-3)17(10-14)26-4/h7-8,10,12-13H,5-6,9,11H2,1-4H3,(H,21,22). The molecule has 0 fully saturated rings. The van der Waals surface area contributed by atoms with Crippen molar-refractivity contribution in [1.29, 1.82) is 0 Å². The Morgan fingerprint density at radius 2 is 1.92 bits per heavy atom. The second kappa shape index (κ2) is 9.60. The van der Waals surface area contributed by atoms with E-state index in [1.165, 1.54) is 6.20 Å². The molecule has 1 heterocycles. The molecular formula is C19H26N4O3. The van der Waals surface area contributed by atoms with Crippen LogP contribution in [0.25, 0.3) is 0 Å². The van der Waals surface area contributed by atoms with E-state index in [2.05, 4.69) is 22.2 Å². The Bertz CT molecular complexity index is 719. The molecule has 1 N–H and O–H groups in total. The fourth-order valence-corrected chi connectivity index (χ4v) is 2.41. The number of methoxy groups -OCH3 is 2. The molecule has 2 rings (SSSR count). The van der Waals surface area contributed by atoms with Crippen LogP contribution in [-0.2, 0) is 6.54 Å². The predicted molar refractivity (Wildman–Crippen MR) is 101 cm³/mol. The number of ether oxygens (including phenoxy) is 2. The molecule has 1 amide bonds. The molecule has 1 aromatic carbocycles. The van der Waals surface area contributed by atoms with Crippen LogP contribution < -0.4 is 14.8 Å². The summed E-state index contributed by atoms with van der Waals surface area (Å²) in [6, 6.07) is 5.71. The second-order valence-corrected chi connectivity index (χ2v) is 5.91. The van der Waals surface area contributed by atoms with Crippen molar-refractivity contribution in [2.45, 2.75) is 26.3 Å². The minimum atomic E-state index is -0.114. The predicted octanol–water partition coefficient (Wildman–Crippen LogP) is 2.98. The van der Waals surface area contributed by atoms with E-state index >= 15 is 0 Å². The molecular weight excluding hydrogens is 332 g/mol. The third-order valence-corrected chi connectivity index (χ3v) is 3.99. The highest BCUT2D eigenvalue weighted by Crippen LogP contribution is 2.27. The molecule has 0 spiro atoms. The Labute approximate surface area is 154 Å². The summed E-state index contributed by atoms with van der Waals surface area (Å²) in [6.07, 6.45) is 5.09. The van der Waals surface area contributed by atoms with E-state index in [-0.39, 0.29) is 5.91 Å². The summed E-state index contributed by atoms with van der Waals surface area (Å²) in [5.41, 5.74) is 1.36. The van der Waals surface area contributed by atoms with Gasteiger partial charge in [0.1, 0.15) is 11.5 Å². The normalized spacial score (nSPS) is 10.3. The number of hydrogen-bond donors (Lipinski definition) is 1. The highest BCUT2D eigenvalue weighted by atomic mass is 16.5. The molecule has 0 saturated heterocycles. The number of aromatic nitrogens is 2. The summed E-state index contributed by atoms with van der Waals surface area (Å²) in [7, 11) is 4.99. The highest BCUT2D eigenvalue weighted by Gasteiger charge is 2.13. The Hall–Kier alpha value is -2.83. The molecule has 2 aromatic rings. The van der Waals surface area contributed by atoms with E-state index in [9.17, 15) is 4.79 Å². The van der Waals surface area contributed by atoms with Gasteiger partial charge in [-0.25, -0.2) is 9.97 Å². The number of benzene rings is 1. The van der Waals surface area contributed by atoms with Gasteiger partial charge in [0, 0.05) is 20.1 Å². The monoisotopic (exact) mass is 358 g/mol. The molecule has 0 aliphatic heterocycles. The van der Waals surface area contributed by atoms with E-state index in [0.717, 1.165) is 24.9 Å². The zero-order chi connectivity index (χ0) is 18.9. The maximum atomic E-state index is 12.2. The van der Waals surface area contributed by atoms with Crippen LogP contribution in [0.3, 0.4) is 0 Å². The van der Waals surface area contributed by atoms with E-state index in [1.54, 1.807) is 32.4 Å². The summed E-state index contributed by atoms with van der Waals surface area (Å²) >= 11 is 0. The van der Waals surface area contributed by atoms with Crippen molar-refractivity contribution in [3.8, 4) is 11.5 Å². The van der Waals surface area contributed by atoms with Crippen LogP contribution in [-0.4, -0.2) is 48.6 Å². The second-order valence-electron chi connectivity index (χ2n) is 5.91. The Morgan fingerprint density at radius 3 is 2.54 bits per heavy atom. The summed E-state index contributed by atoms with van der Waals surface area (Å²) in [5.74, 6) is 1.85. The molecule has 7 nitrogen and oxygen atoms in total. The van der Waals surface area contributed by atoms with Crippen LogP contribution in [0, 0.1) is 0 Å². The fourth-order valence-electron chi connectivity index (χ4n) is 2.41. The molecule has 1 aromatic heterocycles. The number of nitrogens with zero attached hydrogens (tertiary/aromatic N) is 3. The van der Waals surface area contributed by atoms with Gasteiger partial charge in [0.15, 0.2) is 11.5 Å². The molecule has 7 heteroatoms. The van der Waals surface area contributed by atoms with Gasteiger partial charge in [-0.05, 0) is 24.1 Å². The van der Waals surface area contributed by atoms with E-state index < -0.39 is 0 Å². The van der Waals surface area contributed by atoms with E-state index in [4.69, 9.17) is 9.47 Å². The van der Waals surface area contributed by atoms with Crippen LogP contribution in [0.1, 0.15) is 35.8 Å². The van der Waals surface area contributed by atoms with Crippen LogP contribution in [0.4, 0.5) is 5.82 Å². The lowest BCUT2D eigenvalue weighted by Gasteiger charge is -2.16. The smallest absolute Gasteiger partial charge is 0.273 e. The molecule has 0 aliphatic rings. The van der Waals surface area contributed by atoms with Crippen molar-refractivity contribution in [2.24, 2.45) is 0 Å². The maximum absolute atomic E-state index is 12.2. The number of unbranched alkanes of at least 4 members (excludes halogenated alkanes) is 1. The van der Waals surface area contributed by atoms with Crippen molar-refractivity contribution >= 4 is 11.7 Å². The summed E-state index contributed by atoms with van der Waals surface area (Å²) in [5, 5.41) is 3.18. The zero-order valence-electron chi connectivity index (χ0n) is 15.8. The first-order valence-corrected chi connectivity index (χ1v) is 8.61. The maximum Gasteiger partial charge on any atom is 0.273 e. The minimum Gasteiger partial charge on any atom is -0.493 e. The van der Waals surface area contributed by atoms with Crippen LogP contribution >= 0.6 is 0 Å². The average Bonchev–Trinajstić information content (AvgIpc) is 2.69. The lowest BCUT2D eigenvalue weighted by molar-refractivity contribution is 0.0787. The van der Waals surface area contributed by atoms with Crippen LogP contribution in [0.2, 0.25) is 0 Å². The third kappa shape index (κ3) is 5.08. The number of hydrogen-bond acceptors (Lipinski definition) is 6. The molecule has 0 radical (unpaired) electrons. The number of rotatable bonds is 9.